The number of nitrogens with one attached hydrogen (secondary N) is 1. The van der Waals surface area contributed by atoms with Crippen molar-refractivity contribution in [1.82, 2.24) is 10.2 Å². The van der Waals surface area contributed by atoms with Gasteiger partial charge in [-0.3, -0.25) is 9.59 Å². The van der Waals surface area contributed by atoms with Gasteiger partial charge in [-0.05, 0) is 41.7 Å². The first-order valence-corrected chi connectivity index (χ1v) is 7.98. The average molecular weight is 294 g/mol. The first-order valence-electron chi connectivity index (χ1n) is 7.03. The molecule has 1 aromatic heterocycles. The van der Waals surface area contributed by atoms with Crippen LogP contribution in [0.2, 0.25) is 0 Å². The first kappa shape index (κ1) is 15.0. The molecule has 2 heterocycles. The van der Waals surface area contributed by atoms with E-state index in [1.807, 2.05) is 44.5 Å². The van der Waals surface area contributed by atoms with Crippen molar-refractivity contribution >= 4 is 23.2 Å². The number of piperazine rings is 1. The zero-order valence-corrected chi connectivity index (χ0v) is 13.3. The molecule has 4 nitrogen and oxygen atoms in total. The summed E-state index contributed by atoms with van der Waals surface area (Å²) >= 11 is 1.61. The van der Waals surface area contributed by atoms with Crippen molar-refractivity contribution in [1.29, 1.82) is 0 Å². The Balaban J connectivity index is 2.34. The Labute approximate surface area is 124 Å². The standard InChI is InChI=1S/C15H22N2O2S/c1-5-15(4)14(19)16-12(10(2)3)13(18)17(15)8-11-6-7-20-9-11/h6-7,9-10,12H,5,8H2,1-4H3,(H,16,19). The van der Waals surface area contributed by atoms with Gasteiger partial charge in [0.2, 0.25) is 11.8 Å². The van der Waals surface area contributed by atoms with Gasteiger partial charge >= 0.3 is 0 Å². The smallest absolute Gasteiger partial charge is 0.246 e. The molecule has 1 fully saturated rings. The molecule has 0 bridgehead atoms. The molecule has 0 spiro atoms. The van der Waals surface area contributed by atoms with Crippen LogP contribution in [0.15, 0.2) is 16.8 Å². The van der Waals surface area contributed by atoms with E-state index in [9.17, 15) is 9.59 Å². The van der Waals surface area contributed by atoms with E-state index < -0.39 is 11.6 Å². The Hall–Kier alpha value is -1.36. The van der Waals surface area contributed by atoms with Gasteiger partial charge in [-0.15, -0.1) is 0 Å². The predicted octanol–water partition coefficient (Wildman–Crippen LogP) is 2.40. The Kier molecular flexibility index (Phi) is 4.18. The van der Waals surface area contributed by atoms with E-state index >= 15 is 0 Å². The van der Waals surface area contributed by atoms with Crippen molar-refractivity contribution in [2.24, 2.45) is 5.92 Å². The number of amides is 2. The fourth-order valence-electron chi connectivity index (χ4n) is 2.51. The van der Waals surface area contributed by atoms with Crippen LogP contribution in [0.25, 0.3) is 0 Å². The quantitative estimate of drug-likeness (QED) is 0.927. The molecule has 2 rings (SSSR count). The SMILES string of the molecule is CCC1(C)C(=O)NC(C(C)C)C(=O)N1Cc1ccsc1. The van der Waals surface area contributed by atoms with Crippen molar-refractivity contribution in [3.8, 4) is 0 Å². The third-order valence-electron chi connectivity index (χ3n) is 4.18. The molecule has 2 atom stereocenters. The average Bonchev–Trinajstić information content (AvgIpc) is 2.91. The molecule has 0 radical (unpaired) electrons. The van der Waals surface area contributed by atoms with Crippen molar-refractivity contribution in [2.45, 2.75) is 52.2 Å². The summed E-state index contributed by atoms with van der Waals surface area (Å²) in [6.07, 6.45) is 0.611. The monoisotopic (exact) mass is 294 g/mol. The molecule has 2 amide bonds. The minimum atomic E-state index is -0.760. The number of hydrogen-bond acceptors (Lipinski definition) is 3. The fraction of sp³-hybridized carbons (Fsp3) is 0.600. The minimum Gasteiger partial charge on any atom is -0.342 e. The number of hydrogen-bond donors (Lipinski definition) is 1. The van der Waals surface area contributed by atoms with Crippen molar-refractivity contribution in [3.63, 3.8) is 0 Å². The van der Waals surface area contributed by atoms with Crippen LogP contribution in [0.1, 0.15) is 39.7 Å². The Morgan fingerprint density at radius 2 is 2.15 bits per heavy atom. The van der Waals surface area contributed by atoms with Gasteiger partial charge in [-0.2, -0.15) is 11.3 Å². The second kappa shape index (κ2) is 5.56. The van der Waals surface area contributed by atoms with E-state index in [0.29, 0.717) is 13.0 Å². The second-order valence-corrected chi connectivity index (χ2v) is 6.66. The maximum absolute atomic E-state index is 12.7. The van der Waals surface area contributed by atoms with Gasteiger partial charge < -0.3 is 10.2 Å². The zero-order valence-electron chi connectivity index (χ0n) is 12.5. The third-order valence-corrected chi connectivity index (χ3v) is 4.91. The third kappa shape index (κ3) is 2.46. The van der Waals surface area contributed by atoms with E-state index in [1.54, 1.807) is 16.2 Å². The molecular weight excluding hydrogens is 272 g/mol. The number of carbonyl (C=O) groups is 2. The zero-order chi connectivity index (χ0) is 14.9. The maximum Gasteiger partial charge on any atom is 0.246 e. The molecule has 5 heteroatoms. The van der Waals surface area contributed by atoms with Crippen LogP contribution < -0.4 is 5.32 Å². The van der Waals surface area contributed by atoms with Gasteiger partial charge in [0.05, 0.1) is 0 Å². The number of rotatable bonds is 4. The summed E-state index contributed by atoms with van der Waals surface area (Å²) in [5, 5.41) is 6.91. The Morgan fingerprint density at radius 3 is 2.65 bits per heavy atom. The highest BCUT2D eigenvalue weighted by atomic mass is 32.1. The maximum atomic E-state index is 12.7. The van der Waals surface area contributed by atoms with Crippen LogP contribution in [0.4, 0.5) is 0 Å². The van der Waals surface area contributed by atoms with Gasteiger partial charge in [0.15, 0.2) is 0 Å². The molecule has 0 aliphatic carbocycles. The summed E-state index contributed by atoms with van der Waals surface area (Å²) in [6.45, 7) is 8.22. The Bertz CT molecular complexity index is 498. The van der Waals surface area contributed by atoms with Crippen molar-refractivity contribution < 1.29 is 9.59 Å². The van der Waals surface area contributed by atoms with E-state index in [4.69, 9.17) is 0 Å². The van der Waals surface area contributed by atoms with Crippen LogP contribution in [-0.4, -0.2) is 28.3 Å². The first-order chi connectivity index (χ1) is 9.40. The molecule has 1 aliphatic heterocycles. The van der Waals surface area contributed by atoms with Crippen molar-refractivity contribution in [3.05, 3.63) is 22.4 Å². The van der Waals surface area contributed by atoms with Crippen LogP contribution >= 0.6 is 11.3 Å². The Morgan fingerprint density at radius 1 is 1.45 bits per heavy atom. The van der Waals surface area contributed by atoms with Gasteiger partial charge in [0.1, 0.15) is 11.6 Å². The highest BCUT2D eigenvalue weighted by Gasteiger charge is 2.48. The molecule has 1 aromatic rings. The van der Waals surface area contributed by atoms with E-state index in [0.717, 1.165) is 5.56 Å². The lowest BCUT2D eigenvalue weighted by Gasteiger charge is -2.46. The van der Waals surface area contributed by atoms with Crippen LogP contribution in [0.5, 0.6) is 0 Å². The number of thiophene rings is 1. The lowest BCUT2D eigenvalue weighted by molar-refractivity contribution is -0.158. The summed E-state index contributed by atoms with van der Waals surface area (Å²) in [5.74, 6) is 0.0708. The molecule has 20 heavy (non-hydrogen) atoms. The van der Waals surface area contributed by atoms with Crippen LogP contribution in [0, 0.1) is 5.92 Å². The normalized spacial score (nSPS) is 27.1. The summed E-state index contributed by atoms with van der Waals surface area (Å²) in [4.78, 5) is 26.9. The molecule has 1 saturated heterocycles. The molecule has 1 N–H and O–H groups in total. The molecule has 0 aromatic carbocycles. The molecular formula is C15H22N2O2S. The molecule has 110 valence electrons. The van der Waals surface area contributed by atoms with Gasteiger partial charge in [0, 0.05) is 6.54 Å². The van der Waals surface area contributed by atoms with E-state index in [-0.39, 0.29) is 17.7 Å². The summed E-state index contributed by atoms with van der Waals surface area (Å²) in [5.41, 5.74) is 0.324. The number of nitrogens with zero attached hydrogens (tertiary/aromatic N) is 1. The van der Waals surface area contributed by atoms with Crippen LogP contribution in [0.3, 0.4) is 0 Å². The predicted molar refractivity (Wildman–Crippen MR) is 80.3 cm³/mol. The molecule has 2 unspecified atom stereocenters. The fourth-order valence-corrected chi connectivity index (χ4v) is 3.17. The van der Waals surface area contributed by atoms with E-state index in [2.05, 4.69) is 5.32 Å². The topological polar surface area (TPSA) is 49.4 Å². The lowest BCUT2D eigenvalue weighted by atomic mass is 9.87. The lowest BCUT2D eigenvalue weighted by Crippen LogP contribution is -2.69. The van der Waals surface area contributed by atoms with Crippen LogP contribution in [-0.2, 0) is 16.1 Å². The van der Waals surface area contributed by atoms with Gasteiger partial charge in [-0.25, -0.2) is 0 Å². The van der Waals surface area contributed by atoms with Gasteiger partial charge in [-0.1, -0.05) is 20.8 Å². The highest BCUT2D eigenvalue weighted by molar-refractivity contribution is 7.07. The minimum absolute atomic E-state index is 0.0233. The highest BCUT2D eigenvalue weighted by Crippen LogP contribution is 2.29. The summed E-state index contributed by atoms with van der Waals surface area (Å²) in [6, 6.07) is 1.59. The molecule has 0 saturated carbocycles. The second-order valence-electron chi connectivity index (χ2n) is 5.88. The number of carbonyl (C=O) groups excluding carboxylic acids is 2. The largest absolute Gasteiger partial charge is 0.342 e. The van der Waals surface area contributed by atoms with Gasteiger partial charge in [0.25, 0.3) is 0 Å². The summed E-state index contributed by atoms with van der Waals surface area (Å²) in [7, 11) is 0. The van der Waals surface area contributed by atoms with Crippen molar-refractivity contribution in [2.75, 3.05) is 0 Å². The molecule has 1 aliphatic rings. The summed E-state index contributed by atoms with van der Waals surface area (Å²) < 4.78 is 0. The van der Waals surface area contributed by atoms with E-state index in [1.165, 1.54) is 0 Å².